The van der Waals surface area contributed by atoms with E-state index in [2.05, 4.69) is 18.6 Å². The van der Waals surface area contributed by atoms with Crippen molar-refractivity contribution in [2.75, 3.05) is 0 Å². The van der Waals surface area contributed by atoms with Gasteiger partial charge in [0.05, 0.1) is 17.8 Å². The zero-order valence-electron chi connectivity index (χ0n) is 17.6. The molecule has 2 unspecified atom stereocenters. The van der Waals surface area contributed by atoms with Crippen molar-refractivity contribution in [1.82, 2.24) is 4.72 Å². The summed E-state index contributed by atoms with van der Waals surface area (Å²) in [6.45, 7) is 4.10. The molecule has 3 N–H and O–H groups in total. The van der Waals surface area contributed by atoms with E-state index in [1.807, 2.05) is 78.9 Å². The summed E-state index contributed by atoms with van der Waals surface area (Å²) in [6.07, 6.45) is 1.59. The second kappa shape index (κ2) is 10.0. The van der Waals surface area contributed by atoms with Gasteiger partial charge in [-0.25, -0.2) is 13.1 Å². The van der Waals surface area contributed by atoms with Crippen LogP contribution in [0.5, 0.6) is 0 Å². The van der Waals surface area contributed by atoms with Crippen molar-refractivity contribution in [1.29, 1.82) is 0 Å². The number of nitrogens with two attached hydrogens (primary N) is 1. The number of rotatable bonds is 9. The fourth-order valence-corrected chi connectivity index (χ4v) is 5.34. The highest BCUT2D eigenvalue weighted by molar-refractivity contribution is 7.88. The zero-order valence-corrected chi connectivity index (χ0v) is 18.4. The summed E-state index contributed by atoms with van der Waals surface area (Å²) in [5.74, 6) is -0.0506. The molecule has 3 rings (SSSR count). The van der Waals surface area contributed by atoms with Gasteiger partial charge >= 0.3 is 0 Å². The van der Waals surface area contributed by atoms with Gasteiger partial charge in [0.1, 0.15) is 0 Å². The van der Waals surface area contributed by atoms with E-state index in [4.69, 9.17) is 5.73 Å². The van der Waals surface area contributed by atoms with Gasteiger partial charge in [0.25, 0.3) is 0 Å². The highest BCUT2D eigenvalue weighted by Crippen LogP contribution is 2.28. The molecule has 30 heavy (non-hydrogen) atoms. The molecule has 0 saturated heterocycles. The summed E-state index contributed by atoms with van der Waals surface area (Å²) in [6, 6.07) is 24.1. The highest BCUT2D eigenvalue weighted by Gasteiger charge is 2.27. The lowest BCUT2D eigenvalue weighted by Crippen LogP contribution is -2.36. The first-order chi connectivity index (χ1) is 14.4. The first-order valence-electron chi connectivity index (χ1n) is 10.4. The summed E-state index contributed by atoms with van der Waals surface area (Å²) < 4.78 is 29.5. The average molecular weight is 423 g/mol. The molecule has 0 fully saturated rings. The molecule has 0 aromatic heterocycles. The Morgan fingerprint density at radius 2 is 1.27 bits per heavy atom. The Bertz CT molecular complexity index is 1030. The zero-order chi connectivity index (χ0) is 21.6. The van der Waals surface area contributed by atoms with Crippen molar-refractivity contribution in [3.63, 3.8) is 0 Å². The molecule has 0 aliphatic heterocycles. The van der Waals surface area contributed by atoms with Gasteiger partial charge in [0.15, 0.2) is 0 Å². The molecule has 3 aromatic carbocycles. The van der Waals surface area contributed by atoms with Crippen LogP contribution < -0.4 is 10.5 Å². The molecule has 3 aromatic rings. The minimum atomic E-state index is -3.63. The standard InChI is InChI=1S/C25H30N2O2S/c1-3-19-16-11-17-20(4-2)23(19)18-30(28,29)27-25(22-14-9-6-10-15-22)24(26)21-12-7-5-8-13-21/h5-17,24-25,27H,3-4,18,26H2,1-2H3. The van der Waals surface area contributed by atoms with Gasteiger partial charge in [-0.05, 0) is 40.7 Å². The molecule has 0 saturated carbocycles. The van der Waals surface area contributed by atoms with Crippen LogP contribution in [0.2, 0.25) is 0 Å². The third kappa shape index (κ3) is 5.36. The molecule has 2 atom stereocenters. The maximum Gasteiger partial charge on any atom is 0.216 e. The minimum absolute atomic E-state index is 0.0506. The van der Waals surface area contributed by atoms with Gasteiger partial charge in [-0.2, -0.15) is 0 Å². The summed E-state index contributed by atoms with van der Waals surface area (Å²) in [5.41, 5.74) is 11.3. The molecule has 158 valence electrons. The highest BCUT2D eigenvalue weighted by atomic mass is 32.2. The van der Waals surface area contributed by atoms with E-state index in [1.165, 1.54) is 0 Å². The van der Waals surface area contributed by atoms with Crippen LogP contribution in [0.1, 0.15) is 53.7 Å². The number of aryl methyl sites for hydroxylation is 2. The summed E-state index contributed by atoms with van der Waals surface area (Å²) in [4.78, 5) is 0. The van der Waals surface area contributed by atoms with Crippen LogP contribution in [0.25, 0.3) is 0 Å². The predicted molar refractivity (Wildman–Crippen MR) is 124 cm³/mol. The second-order valence-corrected chi connectivity index (χ2v) is 9.22. The van der Waals surface area contributed by atoms with Gasteiger partial charge < -0.3 is 5.73 Å². The number of benzene rings is 3. The summed E-state index contributed by atoms with van der Waals surface area (Å²) in [7, 11) is -3.63. The van der Waals surface area contributed by atoms with Gasteiger partial charge in [-0.15, -0.1) is 0 Å². The Balaban J connectivity index is 1.94. The van der Waals surface area contributed by atoms with Gasteiger partial charge in [-0.3, -0.25) is 0 Å². The van der Waals surface area contributed by atoms with Crippen LogP contribution in [0.4, 0.5) is 0 Å². The fraction of sp³-hybridized carbons (Fsp3) is 0.280. The molecule has 0 bridgehead atoms. The average Bonchev–Trinajstić information content (AvgIpc) is 2.78. The Labute approximate surface area is 180 Å². The van der Waals surface area contributed by atoms with Crippen molar-refractivity contribution < 1.29 is 8.42 Å². The lowest BCUT2D eigenvalue weighted by molar-refractivity contribution is 0.503. The fourth-order valence-electron chi connectivity index (χ4n) is 3.84. The van der Waals surface area contributed by atoms with E-state index in [9.17, 15) is 8.42 Å². The van der Waals surface area contributed by atoms with Crippen molar-refractivity contribution in [3.05, 3.63) is 107 Å². The van der Waals surface area contributed by atoms with E-state index in [0.717, 1.165) is 40.7 Å². The third-order valence-corrected chi connectivity index (χ3v) is 6.76. The Kier molecular flexibility index (Phi) is 7.43. The predicted octanol–water partition coefficient (Wildman–Crippen LogP) is 4.67. The minimum Gasteiger partial charge on any atom is -0.322 e. The topological polar surface area (TPSA) is 72.2 Å². The lowest BCUT2D eigenvalue weighted by atomic mass is 9.95. The number of hydrogen-bond acceptors (Lipinski definition) is 3. The van der Waals surface area contributed by atoms with E-state index in [0.29, 0.717) is 0 Å². The van der Waals surface area contributed by atoms with Crippen LogP contribution in [-0.4, -0.2) is 8.42 Å². The van der Waals surface area contributed by atoms with Crippen LogP contribution in [-0.2, 0) is 28.6 Å². The van der Waals surface area contributed by atoms with Crippen molar-refractivity contribution in [2.45, 2.75) is 44.5 Å². The van der Waals surface area contributed by atoms with Crippen LogP contribution in [0.3, 0.4) is 0 Å². The number of sulfonamides is 1. The van der Waals surface area contributed by atoms with Crippen molar-refractivity contribution in [3.8, 4) is 0 Å². The quantitative estimate of drug-likeness (QED) is 0.526. The van der Waals surface area contributed by atoms with Crippen molar-refractivity contribution in [2.24, 2.45) is 5.73 Å². The second-order valence-electron chi connectivity index (χ2n) is 7.46. The summed E-state index contributed by atoms with van der Waals surface area (Å²) >= 11 is 0. The molecular weight excluding hydrogens is 392 g/mol. The molecule has 0 heterocycles. The Morgan fingerprint density at radius 3 is 1.77 bits per heavy atom. The first-order valence-corrected chi connectivity index (χ1v) is 12.1. The molecule has 0 spiro atoms. The van der Waals surface area contributed by atoms with Gasteiger partial charge in [-0.1, -0.05) is 92.7 Å². The normalized spacial score (nSPS) is 13.7. The maximum absolute atomic E-state index is 13.3. The Morgan fingerprint density at radius 1 is 0.767 bits per heavy atom. The molecule has 0 aliphatic carbocycles. The first kappa shape index (κ1) is 22.2. The molecule has 5 heteroatoms. The van der Waals surface area contributed by atoms with E-state index in [-0.39, 0.29) is 5.75 Å². The number of hydrogen-bond donors (Lipinski definition) is 2. The number of nitrogens with one attached hydrogen (secondary N) is 1. The van der Waals surface area contributed by atoms with E-state index < -0.39 is 22.1 Å². The van der Waals surface area contributed by atoms with Crippen molar-refractivity contribution >= 4 is 10.0 Å². The molecule has 4 nitrogen and oxygen atoms in total. The van der Waals surface area contributed by atoms with Gasteiger partial charge in [0.2, 0.25) is 10.0 Å². The molecular formula is C25H30N2O2S. The smallest absolute Gasteiger partial charge is 0.216 e. The molecule has 0 radical (unpaired) electrons. The van der Waals surface area contributed by atoms with Crippen LogP contribution >= 0.6 is 0 Å². The SMILES string of the molecule is CCc1cccc(CC)c1CS(=O)(=O)NC(c1ccccc1)C(N)c1ccccc1. The van der Waals surface area contributed by atoms with Crippen LogP contribution in [0, 0.1) is 0 Å². The van der Waals surface area contributed by atoms with Gasteiger partial charge in [0, 0.05) is 0 Å². The Hall–Kier alpha value is -2.47. The third-order valence-electron chi connectivity index (χ3n) is 5.48. The molecule has 0 amide bonds. The molecule has 0 aliphatic rings. The van der Waals surface area contributed by atoms with Crippen LogP contribution in [0.15, 0.2) is 78.9 Å². The largest absolute Gasteiger partial charge is 0.322 e. The summed E-state index contributed by atoms with van der Waals surface area (Å²) in [5, 5.41) is 0. The lowest BCUT2D eigenvalue weighted by Gasteiger charge is -2.26. The van der Waals surface area contributed by atoms with E-state index >= 15 is 0 Å². The van der Waals surface area contributed by atoms with E-state index in [1.54, 1.807) is 0 Å². The monoisotopic (exact) mass is 422 g/mol. The maximum atomic E-state index is 13.3.